The van der Waals surface area contributed by atoms with Crippen molar-refractivity contribution in [1.82, 2.24) is 0 Å². The highest BCUT2D eigenvalue weighted by molar-refractivity contribution is 5.78. The van der Waals surface area contributed by atoms with Crippen molar-refractivity contribution in [2.24, 2.45) is 0 Å². The van der Waals surface area contributed by atoms with E-state index in [-0.39, 0.29) is 30.3 Å². The Morgan fingerprint density at radius 1 is 0.526 bits per heavy atom. The fourth-order valence-electron chi connectivity index (χ4n) is 5.93. The van der Waals surface area contributed by atoms with E-state index in [0.717, 1.165) is 32.1 Å². The molecule has 0 heterocycles. The predicted octanol–water partition coefficient (Wildman–Crippen LogP) is 7.82. The number of quaternary nitrogens is 1. The molecule has 0 aromatic heterocycles. The third-order valence-corrected chi connectivity index (χ3v) is 7.84. The average Bonchev–Trinajstić information content (AvgIpc) is 2.87. The van der Waals surface area contributed by atoms with E-state index in [1.807, 2.05) is 20.8 Å². The molecule has 0 radical (unpaired) electrons. The van der Waals surface area contributed by atoms with Gasteiger partial charge in [-0.3, -0.25) is 4.48 Å². The van der Waals surface area contributed by atoms with Crippen LogP contribution in [0.15, 0.2) is 12.2 Å². The Balaban J connectivity index is 5.39. The van der Waals surface area contributed by atoms with Crippen LogP contribution >= 0.6 is 0 Å². The molecule has 0 aliphatic rings. The van der Waals surface area contributed by atoms with Crippen LogP contribution in [0.4, 0.5) is 0 Å². The van der Waals surface area contributed by atoms with Gasteiger partial charge in [0.1, 0.15) is 0 Å². The molecule has 0 saturated carbocycles. The van der Waals surface area contributed by atoms with Gasteiger partial charge >= 0.3 is 17.9 Å². The number of nitrogens with zero attached hydrogens (tertiary/aromatic N) is 1. The number of hydrogen-bond acceptors (Lipinski definition) is 3. The summed E-state index contributed by atoms with van der Waals surface area (Å²) >= 11 is 0. The van der Waals surface area contributed by atoms with Crippen LogP contribution in [0, 0.1) is 0 Å². The summed E-state index contributed by atoms with van der Waals surface area (Å²) in [6.07, 6.45) is 20.4. The molecule has 38 heavy (non-hydrogen) atoms. The molecule has 7 heteroatoms. The SMILES string of the molecule is CCCCCCCC/C=C/CCCCCC[N+](C(CCC)C(=O)O)(C(CCC)C(=O)O)C(CCC)C(=O)O. The molecule has 0 bridgehead atoms. The maximum atomic E-state index is 12.5. The van der Waals surface area contributed by atoms with Crippen molar-refractivity contribution in [3.63, 3.8) is 0 Å². The fourth-order valence-corrected chi connectivity index (χ4v) is 5.93. The normalized spacial score (nSPS) is 15.7. The van der Waals surface area contributed by atoms with Crippen molar-refractivity contribution in [2.75, 3.05) is 6.54 Å². The van der Waals surface area contributed by atoms with Crippen molar-refractivity contribution in [3.8, 4) is 0 Å². The van der Waals surface area contributed by atoms with Gasteiger partial charge in [-0.05, 0) is 57.8 Å². The van der Waals surface area contributed by atoms with Gasteiger partial charge in [0.05, 0.1) is 6.54 Å². The predicted molar refractivity (Wildman–Crippen MR) is 154 cm³/mol. The van der Waals surface area contributed by atoms with Crippen LogP contribution in [0.3, 0.4) is 0 Å². The number of unbranched alkanes of at least 4 members (excludes halogenated alkanes) is 10. The molecule has 0 saturated heterocycles. The van der Waals surface area contributed by atoms with Crippen LogP contribution in [0.5, 0.6) is 0 Å². The largest absolute Gasteiger partial charge is 0.477 e. The van der Waals surface area contributed by atoms with Gasteiger partial charge < -0.3 is 15.3 Å². The Morgan fingerprint density at radius 3 is 1.21 bits per heavy atom. The summed E-state index contributed by atoms with van der Waals surface area (Å²) in [7, 11) is 0. The lowest BCUT2D eigenvalue weighted by Crippen LogP contribution is -2.72. The maximum Gasteiger partial charge on any atom is 0.362 e. The summed E-state index contributed by atoms with van der Waals surface area (Å²) < 4.78 is -0.381. The number of hydrogen-bond donors (Lipinski definition) is 3. The van der Waals surface area contributed by atoms with Crippen molar-refractivity contribution < 1.29 is 34.2 Å². The zero-order chi connectivity index (χ0) is 28.8. The molecule has 7 nitrogen and oxygen atoms in total. The molecule has 0 fully saturated rings. The minimum Gasteiger partial charge on any atom is -0.477 e. The average molecular weight is 541 g/mol. The van der Waals surface area contributed by atoms with E-state index < -0.39 is 36.0 Å². The van der Waals surface area contributed by atoms with Gasteiger partial charge in [0.15, 0.2) is 18.1 Å². The molecular formula is C31H58NO6+. The molecule has 0 amide bonds. The van der Waals surface area contributed by atoms with E-state index in [9.17, 15) is 29.7 Å². The van der Waals surface area contributed by atoms with Crippen molar-refractivity contribution in [1.29, 1.82) is 0 Å². The summed E-state index contributed by atoms with van der Waals surface area (Å²) in [5, 5.41) is 30.7. The second kappa shape index (κ2) is 22.0. The maximum absolute atomic E-state index is 12.5. The number of aliphatic carboxylic acids is 3. The second-order valence-corrected chi connectivity index (χ2v) is 10.9. The molecule has 0 aromatic rings. The summed E-state index contributed by atoms with van der Waals surface area (Å²) in [4.78, 5) is 37.6. The Kier molecular flexibility index (Phi) is 20.9. The lowest BCUT2D eigenvalue weighted by atomic mass is 9.91. The molecule has 3 atom stereocenters. The molecule has 0 spiro atoms. The third-order valence-electron chi connectivity index (χ3n) is 7.84. The van der Waals surface area contributed by atoms with Crippen LogP contribution < -0.4 is 0 Å². The van der Waals surface area contributed by atoms with E-state index >= 15 is 0 Å². The van der Waals surface area contributed by atoms with Gasteiger partial charge in [-0.1, -0.05) is 78.4 Å². The lowest BCUT2D eigenvalue weighted by molar-refractivity contribution is -0.973. The number of allylic oxidation sites excluding steroid dienone is 2. The Labute approximate surface area is 232 Å². The van der Waals surface area contributed by atoms with Crippen LogP contribution in [0.25, 0.3) is 0 Å². The van der Waals surface area contributed by atoms with Gasteiger partial charge in [0, 0.05) is 19.3 Å². The highest BCUT2D eigenvalue weighted by atomic mass is 16.4. The quantitative estimate of drug-likeness (QED) is 0.0586. The van der Waals surface area contributed by atoms with Crippen molar-refractivity contribution in [2.45, 2.75) is 161 Å². The summed E-state index contributed by atoms with van der Waals surface area (Å²) in [6.45, 7) is 8.11. The minimum absolute atomic E-state index is 0.263. The highest BCUT2D eigenvalue weighted by Crippen LogP contribution is 2.34. The second-order valence-electron chi connectivity index (χ2n) is 10.9. The standard InChI is InChI=1S/C31H57NO6/c1-5-9-10-11-12-13-14-15-16-17-18-19-20-21-25-32(26(22-6-2)29(33)34,27(23-7-3)30(35)36)28(24-8-4)31(37)38/h15-16,26-28H,5-14,17-25H2,1-4H3,(H2-,33,34,35,36,37,38)/p+1/b16-15+. The van der Waals surface area contributed by atoms with E-state index in [0.29, 0.717) is 25.7 Å². The monoisotopic (exact) mass is 540 g/mol. The van der Waals surface area contributed by atoms with Crippen LogP contribution in [0.1, 0.15) is 143 Å². The zero-order valence-electron chi connectivity index (χ0n) is 24.8. The fraction of sp³-hybridized carbons (Fsp3) is 0.839. The molecule has 3 unspecified atom stereocenters. The molecule has 0 rings (SSSR count). The van der Waals surface area contributed by atoms with Gasteiger partial charge in [0.2, 0.25) is 0 Å². The molecule has 222 valence electrons. The number of rotatable bonds is 26. The minimum atomic E-state index is -1.09. The zero-order valence-corrected chi connectivity index (χ0v) is 24.8. The van der Waals surface area contributed by atoms with Crippen molar-refractivity contribution >= 4 is 17.9 Å². The first kappa shape index (κ1) is 36.1. The molecule has 0 aliphatic heterocycles. The number of carbonyl (C=O) groups is 3. The summed E-state index contributed by atoms with van der Waals surface area (Å²) in [5.74, 6) is -3.27. The lowest BCUT2D eigenvalue weighted by Gasteiger charge is -2.50. The van der Waals surface area contributed by atoms with Gasteiger partial charge in [-0.2, -0.15) is 0 Å². The first-order valence-corrected chi connectivity index (χ1v) is 15.4. The molecular weight excluding hydrogens is 482 g/mol. The van der Waals surface area contributed by atoms with Crippen molar-refractivity contribution in [3.05, 3.63) is 12.2 Å². The summed E-state index contributed by atoms with van der Waals surface area (Å²) in [6, 6.07) is -3.15. The van der Waals surface area contributed by atoms with Gasteiger partial charge in [-0.15, -0.1) is 0 Å². The smallest absolute Gasteiger partial charge is 0.362 e. The highest BCUT2D eigenvalue weighted by Gasteiger charge is 2.56. The van der Waals surface area contributed by atoms with E-state index in [4.69, 9.17) is 0 Å². The Hall–Kier alpha value is -1.89. The first-order chi connectivity index (χ1) is 18.2. The van der Waals surface area contributed by atoms with Crippen LogP contribution in [0.2, 0.25) is 0 Å². The Bertz CT molecular complexity index is 617. The molecule has 3 N–H and O–H groups in total. The van der Waals surface area contributed by atoms with Crippen LogP contribution in [-0.2, 0) is 14.4 Å². The van der Waals surface area contributed by atoms with Crippen LogP contribution in [-0.4, -0.2) is 62.4 Å². The third kappa shape index (κ3) is 12.8. The number of carboxylic acids is 3. The van der Waals surface area contributed by atoms with Gasteiger partial charge in [0.25, 0.3) is 0 Å². The van der Waals surface area contributed by atoms with E-state index in [1.165, 1.54) is 38.5 Å². The topological polar surface area (TPSA) is 112 Å². The number of carboxylic acid groups (broad SMARTS) is 3. The Morgan fingerprint density at radius 2 is 0.868 bits per heavy atom. The van der Waals surface area contributed by atoms with Gasteiger partial charge in [-0.25, -0.2) is 14.4 Å². The summed E-state index contributed by atoms with van der Waals surface area (Å²) in [5.41, 5.74) is 0. The van der Waals surface area contributed by atoms with E-state index in [1.54, 1.807) is 0 Å². The van der Waals surface area contributed by atoms with E-state index in [2.05, 4.69) is 19.1 Å². The first-order valence-electron chi connectivity index (χ1n) is 15.4. The molecule has 0 aromatic carbocycles. The molecule has 0 aliphatic carbocycles.